The van der Waals surface area contributed by atoms with Gasteiger partial charge in [0.2, 0.25) is 11.8 Å². The average Bonchev–Trinajstić information content (AvgIpc) is 3.05. The Bertz CT molecular complexity index is 724. The molecule has 128 valence electrons. The highest BCUT2D eigenvalue weighted by Gasteiger charge is 2.68. The van der Waals surface area contributed by atoms with E-state index in [-0.39, 0.29) is 0 Å². The molecule has 0 radical (unpaired) electrons. The minimum atomic E-state index is -1.74. The van der Waals surface area contributed by atoms with E-state index in [1.807, 2.05) is 0 Å². The van der Waals surface area contributed by atoms with Crippen LogP contribution in [0.1, 0.15) is 11.6 Å². The van der Waals surface area contributed by atoms with Gasteiger partial charge in [0.1, 0.15) is 5.82 Å². The molecule has 0 unspecified atom stereocenters. The number of esters is 1. The number of amides is 2. The molecule has 0 bridgehead atoms. The predicted molar refractivity (Wildman–Crippen MR) is 78.9 cm³/mol. The Morgan fingerprint density at radius 1 is 1.42 bits per heavy atom. The van der Waals surface area contributed by atoms with E-state index in [4.69, 9.17) is 4.74 Å². The third-order valence-corrected chi connectivity index (χ3v) is 4.88. The van der Waals surface area contributed by atoms with Crippen LogP contribution in [0, 0.1) is 17.7 Å². The van der Waals surface area contributed by atoms with Gasteiger partial charge in [-0.3, -0.25) is 19.8 Å². The number of aliphatic hydroxyl groups is 1. The largest absolute Gasteiger partial charge is 0.468 e. The standard InChI is InChI=1S/C16H17FN2O5/c1-19-13(21)10-11(14(19)22)16(7-20,15(23)24-2)18-12(10)8-4-3-5-9(17)6-8/h3-6,10-12,18,20H,7H2,1-2H3/t10-,11-,12+,16+/m0/s1. The number of methoxy groups -OCH3 is 1. The van der Waals surface area contributed by atoms with Crippen molar-refractivity contribution in [3.8, 4) is 0 Å². The number of ether oxygens (including phenoxy) is 1. The molecule has 24 heavy (non-hydrogen) atoms. The van der Waals surface area contributed by atoms with Gasteiger partial charge in [0, 0.05) is 13.1 Å². The first-order valence-corrected chi connectivity index (χ1v) is 7.41. The smallest absolute Gasteiger partial charge is 0.329 e. The number of fused-ring (bicyclic) bond motifs is 1. The summed E-state index contributed by atoms with van der Waals surface area (Å²) in [4.78, 5) is 38.3. The lowest BCUT2D eigenvalue weighted by molar-refractivity contribution is -0.156. The van der Waals surface area contributed by atoms with Gasteiger partial charge >= 0.3 is 5.97 Å². The zero-order chi connectivity index (χ0) is 17.6. The number of carbonyl (C=O) groups is 3. The summed E-state index contributed by atoms with van der Waals surface area (Å²) in [5.74, 6) is -4.43. The van der Waals surface area contributed by atoms with E-state index in [1.165, 1.54) is 25.2 Å². The monoisotopic (exact) mass is 336 g/mol. The lowest BCUT2D eigenvalue weighted by atomic mass is 9.79. The van der Waals surface area contributed by atoms with Crippen LogP contribution in [-0.4, -0.2) is 54.1 Å². The molecule has 0 saturated carbocycles. The van der Waals surface area contributed by atoms with Gasteiger partial charge in [-0.2, -0.15) is 0 Å². The molecule has 1 aromatic carbocycles. The Morgan fingerprint density at radius 2 is 2.12 bits per heavy atom. The van der Waals surface area contributed by atoms with Crippen LogP contribution in [0.5, 0.6) is 0 Å². The number of rotatable bonds is 3. The number of imide groups is 1. The molecule has 2 saturated heterocycles. The number of hydrogen-bond acceptors (Lipinski definition) is 6. The number of likely N-dealkylation sites (tertiary alicyclic amines) is 1. The van der Waals surface area contributed by atoms with Crippen LogP contribution < -0.4 is 5.32 Å². The number of hydrogen-bond donors (Lipinski definition) is 2. The molecule has 2 heterocycles. The summed E-state index contributed by atoms with van der Waals surface area (Å²) in [6.45, 7) is -0.723. The molecule has 2 amide bonds. The maximum absolute atomic E-state index is 13.6. The summed E-state index contributed by atoms with van der Waals surface area (Å²) in [6.07, 6.45) is 0. The molecule has 0 spiro atoms. The lowest BCUT2D eigenvalue weighted by Crippen LogP contribution is -2.58. The highest BCUT2D eigenvalue weighted by Crippen LogP contribution is 2.48. The van der Waals surface area contributed by atoms with Gasteiger partial charge in [0.15, 0.2) is 5.54 Å². The summed E-state index contributed by atoms with van der Waals surface area (Å²) in [7, 11) is 2.46. The third kappa shape index (κ3) is 2.06. The molecular weight excluding hydrogens is 319 g/mol. The minimum absolute atomic E-state index is 0.417. The average molecular weight is 336 g/mol. The molecule has 2 aliphatic heterocycles. The van der Waals surface area contributed by atoms with E-state index in [9.17, 15) is 23.9 Å². The molecule has 2 N–H and O–H groups in total. The Kier molecular flexibility index (Phi) is 3.89. The fourth-order valence-corrected chi connectivity index (χ4v) is 3.71. The van der Waals surface area contributed by atoms with Crippen molar-refractivity contribution in [3.05, 3.63) is 35.6 Å². The van der Waals surface area contributed by atoms with Crippen molar-refractivity contribution in [2.75, 3.05) is 20.8 Å². The normalized spacial score (nSPS) is 32.2. The molecule has 2 aliphatic rings. The molecule has 2 fully saturated rings. The van der Waals surface area contributed by atoms with Gasteiger partial charge in [-0.25, -0.2) is 9.18 Å². The van der Waals surface area contributed by atoms with Crippen molar-refractivity contribution >= 4 is 17.8 Å². The second-order valence-electron chi connectivity index (χ2n) is 6.04. The van der Waals surface area contributed by atoms with E-state index in [2.05, 4.69) is 5.32 Å². The van der Waals surface area contributed by atoms with Crippen molar-refractivity contribution < 1.29 is 28.6 Å². The minimum Gasteiger partial charge on any atom is -0.468 e. The highest BCUT2D eigenvalue weighted by atomic mass is 19.1. The van der Waals surface area contributed by atoms with Crippen LogP contribution in [0.4, 0.5) is 4.39 Å². The predicted octanol–water partition coefficient (Wildman–Crippen LogP) is -0.395. The van der Waals surface area contributed by atoms with Gasteiger partial charge in [-0.1, -0.05) is 12.1 Å². The fourth-order valence-electron chi connectivity index (χ4n) is 3.71. The summed E-state index contributed by atoms with van der Waals surface area (Å²) in [5, 5.41) is 12.7. The van der Waals surface area contributed by atoms with Gasteiger partial charge in [-0.15, -0.1) is 0 Å². The highest BCUT2D eigenvalue weighted by molar-refractivity contribution is 6.09. The molecule has 8 heteroatoms. The topological polar surface area (TPSA) is 95.9 Å². The molecule has 3 rings (SSSR count). The van der Waals surface area contributed by atoms with Gasteiger partial charge < -0.3 is 9.84 Å². The van der Waals surface area contributed by atoms with Crippen LogP contribution >= 0.6 is 0 Å². The summed E-state index contributed by atoms with van der Waals surface area (Å²) < 4.78 is 18.3. The molecule has 1 aromatic rings. The SMILES string of the molecule is COC(=O)[C@]1(CO)N[C@H](c2cccc(F)c2)[C@H]2C(=O)N(C)C(=O)[C@H]21. The number of aliphatic hydroxyl groups excluding tert-OH is 1. The summed E-state index contributed by atoms with van der Waals surface area (Å²) >= 11 is 0. The first kappa shape index (κ1) is 16.5. The zero-order valence-corrected chi connectivity index (χ0v) is 13.2. The van der Waals surface area contributed by atoms with Crippen LogP contribution in [0.2, 0.25) is 0 Å². The molecule has 0 aliphatic carbocycles. The maximum Gasteiger partial charge on any atom is 0.329 e. The first-order chi connectivity index (χ1) is 11.4. The van der Waals surface area contributed by atoms with E-state index >= 15 is 0 Å². The summed E-state index contributed by atoms with van der Waals surface area (Å²) in [5.41, 5.74) is -1.32. The second kappa shape index (κ2) is 5.64. The van der Waals surface area contributed by atoms with Gasteiger partial charge in [0.05, 0.1) is 25.6 Å². The van der Waals surface area contributed by atoms with E-state index in [0.717, 1.165) is 12.0 Å². The van der Waals surface area contributed by atoms with Crippen LogP contribution in [0.15, 0.2) is 24.3 Å². The Morgan fingerprint density at radius 3 is 2.71 bits per heavy atom. The number of benzene rings is 1. The Labute approximate surface area is 137 Å². The Balaban J connectivity index is 2.14. The van der Waals surface area contributed by atoms with E-state index in [1.54, 1.807) is 6.07 Å². The third-order valence-electron chi connectivity index (χ3n) is 4.88. The van der Waals surface area contributed by atoms with Crippen LogP contribution in [-0.2, 0) is 19.1 Å². The fraction of sp³-hybridized carbons (Fsp3) is 0.438. The van der Waals surface area contributed by atoms with Crippen LogP contribution in [0.25, 0.3) is 0 Å². The molecule has 0 aromatic heterocycles. The first-order valence-electron chi connectivity index (χ1n) is 7.41. The second-order valence-corrected chi connectivity index (χ2v) is 6.04. The van der Waals surface area contributed by atoms with Crippen molar-refractivity contribution in [2.24, 2.45) is 11.8 Å². The van der Waals surface area contributed by atoms with Crippen LogP contribution in [0.3, 0.4) is 0 Å². The van der Waals surface area contributed by atoms with Crippen molar-refractivity contribution in [1.82, 2.24) is 10.2 Å². The number of carbonyl (C=O) groups excluding carboxylic acids is 3. The van der Waals surface area contributed by atoms with Gasteiger partial charge in [-0.05, 0) is 17.7 Å². The molecular formula is C16H17FN2O5. The van der Waals surface area contributed by atoms with Crippen molar-refractivity contribution in [2.45, 2.75) is 11.6 Å². The molecule has 4 atom stereocenters. The van der Waals surface area contributed by atoms with Crippen molar-refractivity contribution in [3.63, 3.8) is 0 Å². The lowest BCUT2D eigenvalue weighted by Gasteiger charge is -2.29. The maximum atomic E-state index is 13.6. The van der Waals surface area contributed by atoms with E-state index in [0.29, 0.717) is 5.56 Å². The summed E-state index contributed by atoms with van der Waals surface area (Å²) in [6, 6.07) is 4.76. The zero-order valence-electron chi connectivity index (χ0n) is 13.2. The van der Waals surface area contributed by atoms with Gasteiger partial charge in [0.25, 0.3) is 0 Å². The number of nitrogens with one attached hydrogen (secondary N) is 1. The number of halogens is 1. The van der Waals surface area contributed by atoms with Crippen molar-refractivity contribution in [1.29, 1.82) is 0 Å². The number of nitrogens with zero attached hydrogens (tertiary/aromatic N) is 1. The van der Waals surface area contributed by atoms with E-state index < -0.39 is 53.6 Å². The molecule has 7 nitrogen and oxygen atoms in total. The Hall–Kier alpha value is -2.32. The quantitative estimate of drug-likeness (QED) is 0.576.